The monoisotopic (exact) mass is 597 g/mol. The summed E-state index contributed by atoms with van der Waals surface area (Å²) in [5, 5.41) is 23.3. The van der Waals surface area contributed by atoms with Gasteiger partial charge in [0.05, 0.1) is 40.0 Å². The molecule has 12 heteroatoms. The number of fused-ring (bicyclic) bond motifs is 1. The van der Waals surface area contributed by atoms with Crippen molar-refractivity contribution < 1.29 is 33.9 Å². The number of nitro benzene ring substituents is 1. The molecule has 0 aliphatic carbocycles. The Bertz CT molecular complexity index is 1460. The van der Waals surface area contributed by atoms with Gasteiger partial charge in [0.2, 0.25) is 5.91 Å². The first kappa shape index (κ1) is 26.4. The first-order chi connectivity index (χ1) is 18.7. The molecule has 2 saturated heterocycles. The number of imide groups is 1. The maximum absolute atomic E-state index is 13.9. The average Bonchev–Trinajstić information content (AvgIpc) is 3.43. The summed E-state index contributed by atoms with van der Waals surface area (Å²) in [6, 6.07) is 14.7. The van der Waals surface area contributed by atoms with Crippen molar-refractivity contribution in [3.63, 3.8) is 0 Å². The summed E-state index contributed by atoms with van der Waals surface area (Å²) in [5.74, 6) is -1.52. The van der Waals surface area contributed by atoms with Crippen LogP contribution < -0.4 is 19.4 Å². The van der Waals surface area contributed by atoms with Crippen molar-refractivity contribution in [3.05, 3.63) is 80.8 Å². The highest BCUT2D eigenvalue weighted by molar-refractivity contribution is 9.10. The second kappa shape index (κ2) is 10.5. The number of phenols is 1. The Balaban J connectivity index is 1.62. The number of halogens is 1. The molecule has 2 amide bonds. The van der Waals surface area contributed by atoms with E-state index in [1.54, 1.807) is 49.4 Å². The molecule has 11 nitrogen and oxygen atoms in total. The largest absolute Gasteiger partial charge is 0.503 e. The minimum absolute atomic E-state index is 0.124. The van der Waals surface area contributed by atoms with Gasteiger partial charge in [-0.1, -0.05) is 12.1 Å². The number of hydrogen-bond acceptors (Lipinski definition) is 9. The first-order valence-corrected chi connectivity index (χ1v) is 13.0. The molecule has 0 radical (unpaired) electrons. The summed E-state index contributed by atoms with van der Waals surface area (Å²) in [5.41, 5.74) is 0.946. The minimum atomic E-state index is -1.19. The molecule has 3 aromatic rings. The summed E-state index contributed by atoms with van der Waals surface area (Å²) in [7, 11) is 0. The number of hydroxylamine groups is 1. The highest BCUT2D eigenvalue weighted by Crippen LogP contribution is 2.50. The Morgan fingerprint density at radius 1 is 1.00 bits per heavy atom. The van der Waals surface area contributed by atoms with Crippen LogP contribution in [0.15, 0.2) is 65.1 Å². The molecule has 0 saturated carbocycles. The van der Waals surface area contributed by atoms with Crippen molar-refractivity contribution in [1.29, 1.82) is 0 Å². The van der Waals surface area contributed by atoms with E-state index in [0.717, 1.165) is 4.90 Å². The molecule has 2 aliphatic heterocycles. The molecule has 0 spiro atoms. The van der Waals surface area contributed by atoms with E-state index in [2.05, 4.69) is 15.9 Å². The van der Waals surface area contributed by atoms with Crippen LogP contribution in [-0.2, 0) is 14.4 Å². The molecule has 1 N–H and O–H groups in total. The van der Waals surface area contributed by atoms with E-state index < -0.39 is 34.8 Å². The maximum atomic E-state index is 13.9. The fourth-order valence-electron chi connectivity index (χ4n) is 4.88. The van der Waals surface area contributed by atoms with Crippen LogP contribution in [0.25, 0.3) is 0 Å². The van der Waals surface area contributed by atoms with Gasteiger partial charge in [0.15, 0.2) is 17.6 Å². The third-order valence-corrected chi connectivity index (χ3v) is 7.09. The lowest BCUT2D eigenvalue weighted by Crippen LogP contribution is -2.37. The van der Waals surface area contributed by atoms with Gasteiger partial charge >= 0.3 is 0 Å². The van der Waals surface area contributed by atoms with Crippen LogP contribution >= 0.6 is 15.9 Å². The van der Waals surface area contributed by atoms with Crippen molar-refractivity contribution in [1.82, 2.24) is 0 Å². The van der Waals surface area contributed by atoms with Crippen LogP contribution in [0.4, 0.5) is 17.1 Å². The number of amides is 2. The molecule has 2 aliphatic rings. The van der Waals surface area contributed by atoms with E-state index in [0.29, 0.717) is 28.1 Å². The van der Waals surface area contributed by atoms with Crippen LogP contribution in [0, 0.1) is 16.0 Å². The van der Waals surface area contributed by atoms with Gasteiger partial charge in [-0.3, -0.25) is 24.5 Å². The molecule has 202 valence electrons. The van der Waals surface area contributed by atoms with Crippen LogP contribution in [0.2, 0.25) is 0 Å². The van der Waals surface area contributed by atoms with Crippen LogP contribution in [-0.4, -0.2) is 41.2 Å². The number of non-ortho nitro benzene ring substituents is 1. The van der Waals surface area contributed by atoms with E-state index >= 15 is 0 Å². The zero-order valence-corrected chi connectivity index (χ0v) is 22.5. The van der Waals surface area contributed by atoms with E-state index in [1.165, 1.54) is 23.3 Å². The Morgan fingerprint density at radius 2 is 1.72 bits per heavy atom. The first-order valence-electron chi connectivity index (χ1n) is 12.2. The lowest BCUT2D eigenvalue weighted by molar-refractivity contribution is -0.384. The number of carbonyl (C=O) groups excluding carboxylic acids is 2. The zero-order valence-electron chi connectivity index (χ0n) is 20.9. The molecule has 5 rings (SSSR count). The zero-order chi connectivity index (χ0) is 27.8. The number of nitro groups is 1. The van der Waals surface area contributed by atoms with Crippen molar-refractivity contribution in [2.24, 2.45) is 5.92 Å². The second-order valence-corrected chi connectivity index (χ2v) is 9.68. The van der Waals surface area contributed by atoms with Gasteiger partial charge in [0.25, 0.3) is 11.6 Å². The lowest BCUT2D eigenvalue weighted by atomic mass is 9.90. The van der Waals surface area contributed by atoms with Gasteiger partial charge in [0, 0.05) is 18.2 Å². The Hall–Kier alpha value is -4.16. The number of phenolic OH excluding ortho intramolecular Hbond substituents is 1. The third kappa shape index (κ3) is 4.66. The summed E-state index contributed by atoms with van der Waals surface area (Å²) in [6.45, 7) is 4.28. The number of carbonyl (C=O) groups is 2. The molecule has 3 aromatic carbocycles. The van der Waals surface area contributed by atoms with E-state index in [9.17, 15) is 24.8 Å². The normalized spacial score (nSPS) is 20.3. The lowest BCUT2D eigenvalue weighted by Gasteiger charge is -2.29. The molecule has 0 bridgehead atoms. The minimum Gasteiger partial charge on any atom is -0.503 e. The van der Waals surface area contributed by atoms with Crippen molar-refractivity contribution in [2.45, 2.75) is 26.0 Å². The topological polar surface area (TPSA) is 132 Å². The summed E-state index contributed by atoms with van der Waals surface area (Å²) in [4.78, 5) is 45.6. The summed E-state index contributed by atoms with van der Waals surface area (Å²) >= 11 is 3.34. The van der Waals surface area contributed by atoms with E-state index in [1.807, 2.05) is 6.92 Å². The molecule has 2 fully saturated rings. The van der Waals surface area contributed by atoms with Gasteiger partial charge < -0.3 is 14.6 Å². The van der Waals surface area contributed by atoms with Crippen LogP contribution in [0.5, 0.6) is 17.2 Å². The Morgan fingerprint density at radius 3 is 2.44 bits per heavy atom. The van der Waals surface area contributed by atoms with Gasteiger partial charge in [-0.05, 0) is 65.7 Å². The molecule has 39 heavy (non-hydrogen) atoms. The number of hydrogen-bond donors (Lipinski definition) is 1. The molecule has 3 atom stereocenters. The maximum Gasteiger partial charge on any atom is 0.271 e. The summed E-state index contributed by atoms with van der Waals surface area (Å²) < 4.78 is 11.4. The number of ether oxygens (including phenoxy) is 2. The Kier molecular flexibility index (Phi) is 7.15. The average molecular weight is 598 g/mol. The fourth-order valence-corrected chi connectivity index (χ4v) is 5.34. The third-order valence-electron chi connectivity index (χ3n) is 6.49. The molecule has 2 heterocycles. The second-order valence-electron chi connectivity index (χ2n) is 8.82. The number of aromatic hydroxyl groups is 1. The Labute approximate surface area is 231 Å². The quantitative estimate of drug-likeness (QED) is 0.218. The van der Waals surface area contributed by atoms with Crippen LogP contribution in [0.1, 0.15) is 25.5 Å². The van der Waals surface area contributed by atoms with Crippen molar-refractivity contribution >= 4 is 44.8 Å². The highest BCUT2D eigenvalue weighted by Gasteiger charge is 2.60. The molecule has 0 aromatic heterocycles. The van der Waals surface area contributed by atoms with E-state index in [4.69, 9.17) is 14.3 Å². The van der Waals surface area contributed by atoms with E-state index in [-0.39, 0.29) is 29.5 Å². The molecular weight excluding hydrogens is 574 g/mol. The van der Waals surface area contributed by atoms with Crippen LogP contribution in [0.3, 0.4) is 0 Å². The highest BCUT2D eigenvalue weighted by atomic mass is 79.9. The SMILES string of the molecule is CCOc1cccc(N2C(=O)[C@@H]3[C@@H](c4cc(Br)c(O)c(OCC)c4)N(c4cccc([N+](=O)[O-])c4)O[C@H]3C2=O)c1. The summed E-state index contributed by atoms with van der Waals surface area (Å²) in [6.07, 6.45) is -1.19. The smallest absolute Gasteiger partial charge is 0.271 e. The van der Waals surface area contributed by atoms with Crippen molar-refractivity contribution in [3.8, 4) is 17.2 Å². The predicted molar refractivity (Wildman–Crippen MR) is 144 cm³/mol. The molecule has 0 unspecified atom stereocenters. The van der Waals surface area contributed by atoms with Gasteiger partial charge in [-0.2, -0.15) is 0 Å². The molecular formula is C27H24BrN3O8. The fraction of sp³-hybridized carbons (Fsp3) is 0.259. The number of nitrogens with zero attached hydrogens (tertiary/aromatic N) is 3. The van der Waals surface area contributed by atoms with Gasteiger partial charge in [-0.15, -0.1) is 0 Å². The predicted octanol–water partition coefficient (Wildman–Crippen LogP) is 4.91. The van der Waals surface area contributed by atoms with Crippen molar-refractivity contribution in [2.75, 3.05) is 23.2 Å². The number of anilines is 2. The van der Waals surface area contributed by atoms with Gasteiger partial charge in [-0.25, -0.2) is 9.96 Å². The standard InChI is InChI=1S/C27H24BrN3O8/c1-3-37-19-10-6-7-16(14-19)29-26(33)22-23(15-11-20(28)24(32)21(12-15)38-4-2)30(39-25(22)27(29)34)17-8-5-9-18(13-17)31(35)36/h5-14,22-23,25,32H,3-4H2,1-2H3/t22-,23-,25-/m1/s1. The van der Waals surface area contributed by atoms with Gasteiger partial charge in [0.1, 0.15) is 11.7 Å². The number of rotatable bonds is 8. The number of benzene rings is 3.